The maximum Gasteiger partial charge on any atom is 0.255 e. The highest BCUT2D eigenvalue weighted by Gasteiger charge is 2.30. The lowest BCUT2D eigenvalue weighted by atomic mass is 10.0. The number of anilines is 2. The molecule has 2 aromatic rings. The fourth-order valence-electron chi connectivity index (χ4n) is 4.01. The van der Waals surface area contributed by atoms with E-state index in [1.807, 2.05) is 56.3 Å². The maximum atomic E-state index is 12.8. The third-order valence-electron chi connectivity index (χ3n) is 5.92. The van der Waals surface area contributed by atoms with Crippen molar-refractivity contribution in [2.24, 2.45) is 0 Å². The van der Waals surface area contributed by atoms with Crippen LogP contribution in [0.3, 0.4) is 0 Å². The van der Waals surface area contributed by atoms with Crippen molar-refractivity contribution < 1.29 is 14.4 Å². The molecule has 0 bridgehead atoms. The van der Waals surface area contributed by atoms with Gasteiger partial charge in [0.15, 0.2) is 0 Å². The predicted octanol–water partition coefficient (Wildman–Crippen LogP) is 3.78. The van der Waals surface area contributed by atoms with E-state index in [9.17, 15) is 14.4 Å². The molecule has 1 unspecified atom stereocenters. The van der Waals surface area contributed by atoms with Crippen molar-refractivity contribution in [3.63, 3.8) is 0 Å². The van der Waals surface area contributed by atoms with Gasteiger partial charge in [0.25, 0.3) is 5.91 Å². The summed E-state index contributed by atoms with van der Waals surface area (Å²) in [6.07, 6.45) is 8.32. The quantitative estimate of drug-likeness (QED) is 0.300. The summed E-state index contributed by atoms with van der Waals surface area (Å²) < 4.78 is 0. The van der Waals surface area contributed by atoms with Gasteiger partial charge in [-0.25, -0.2) is 0 Å². The van der Waals surface area contributed by atoms with Crippen LogP contribution in [0.15, 0.2) is 60.7 Å². The van der Waals surface area contributed by atoms with Crippen molar-refractivity contribution in [3.8, 4) is 0 Å². The molecule has 1 aliphatic heterocycles. The Morgan fingerprint density at radius 3 is 2.59 bits per heavy atom. The van der Waals surface area contributed by atoms with Crippen LogP contribution in [-0.2, 0) is 16.1 Å². The SMILES string of the molecule is C/C=C\C=C(/C)c1ccc(N)c(NC(=O)c2ccc(CN3CCCC3C(=O)NCC=O)cc2)c1. The molecule has 1 aliphatic rings. The van der Waals surface area contributed by atoms with Gasteiger partial charge >= 0.3 is 0 Å². The minimum atomic E-state index is -0.238. The van der Waals surface area contributed by atoms with Crippen molar-refractivity contribution in [2.75, 3.05) is 24.1 Å². The molecule has 4 N–H and O–H groups in total. The third kappa shape index (κ3) is 6.42. The maximum absolute atomic E-state index is 12.8. The summed E-state index contributed by atoms with van der Waals surface area (Å²) in [5.41, 5.74) is 10.8. The molecule has 178 valence electrons. The van der Waals surface area contributed by atoms with E-state index < -0.39 is 0 Å². The predicted molar refractivity (Wildman–Crippen MR) is 136 cm³/mol. The normalized spacial score (nSPS) is 16.5. The van der Waals surface area contributed by atoms with E-state index in [2.05, 4.69) is 15.5 Å². The Balaban J connectivity index is 1.65. The Bertz CT molecular complexity index is 1090. The second-order valence-corrected chi connectivity index (χ2v) is 8.37. The van der Waals surface area contributed by atoms with Gasteiger partial charge in [-0.05, 0) is 74.2 Å². The topological polar surface area (TPSA) is 105 Å². The Kier molecular flexibility index (Phi) is 8.76. The van der Waals surface area contributed by atoms with Gasteiger partial charge in [-0.2, -0.15) is 0 Å². The number of carbonyl (C=O) groups excluding carboxylic acids is 3. The lowest BCUT2D eigenvalue weighted by molar-refractivity contribution is -0.126. The molecule has 7 heteroatoms. The van der Waals surface area contributed by atoms with Crippen LogP contribution in [0.1, 0.15) is 48.2 Å². The zero-order valence-electron chi connectivity index (χ0n) is 19.7. The summed E-state index contributed by atoms with van der Waals surface area (Å²) in [5.74, 6) is -0.353. The number of amides is 2. The van der Waals surface area contributed by atoms with E-state index in [1.165, 1.54) is 0 Å². The number of allylic oxidation sites excluding steroid dienone is 4. The zero-order valence-corrected chi connectivity index (χ0v) is 19.7. The highest BCUT2D eigenvalue weighted by atomic mass is 16.2. The van der Waals surface area contributed by atoms with Crippen LogP contribution < -0.4 is 16.4 Å². The van der Waals surface area contributed by atoms with Gasteiger partial charge in [-0.1, -0.05) is 36.4 Å². The van der Waals surface area contributed by atoms with Gasteiger partial charge < -0.3 is 21.2 Å². The molecule has 3 rings (SSSR count). The summed E-state index contributed by atoms with van der Waals surface area (Å²) in [7, 11) is 0. The second kappa shape index (κ2) is 12.0. The van der Waals surface area contributed by atoms with Crippen LogP contribution in [-0.4, -0.2) is 42.1 Å². The van der Waals surface area contributed by atoms with Gasteiger partial charge in [0.1, 0.15) is 6.29 Å². The zero-order chi connectivity index (χ0) is 24.5. The minimum absolute atomic E-state index is 0.0338. The number of rotatable bonds is 9. The van der Waals surface area contributed by atoms with E-state index in [0.29, 0.717) is 29.8 Å². The summed E-state index contributed by atoms with van der Waals surface area (Å²) in [5, 5.41) is 5.55. The number of nitrogens with zero attached hydrogens (tertiary/aromatic N) is 1. The third-order valence-corrected chi connectivity index (χ3v) is 5.92. The van der Waals surface area contributed by atoms with Gasteiger partial charge in [0.2, 0.25) is 5.91 Å². The summed E-state index contributed by atoms with van der Waals surface area (Å²) in [6.45, 7) is 5.42. The monoisotopic (exact) mass is 460 g/mol. The molecule has 2 amide bonds. The Hall–Kier alpha value is -3.71. The summed E-state index contributed by atoms with van der Waals surface area (Å²) >= 11 is 0. The molecular weight excluding hydrogens is 428 g/mol. The van der Waals surface area contributed by atoms with Crippen LogP contribution in [0.5, 0.6) is 0 Å². The highest BCUT2D eigenvalue weighted by molar-refractivity contribution is 6.06. The standard InChI is InChI=1S/C27H32N4O3/c1-3-4-6-19(2)22-12-13-23(28)24(17-22)30-26(33)21-10-8-20(9-11-21)18-31-15-5-7-25(31)27(34)29-14-16-32/h3-4,6,8-13,16-17,25H,5,7,14-15,18,28H2,1-2H3,(H,29,34)(H,30,33)/b4-3-,19-6+. The first-order chi connectivity index (χ1) is 16.4. The fourth-order valence-corrected chi connectivity index (χ4v) is 4.01. The molecule has 0 radical (unpaired) electrons. The summed E-state index contributed by atoms with van der Waals surface area (Å²) in [6, 6.07) is 12.7. The van der Waals surface area contributed by atoms with Gasteiger partial charge in [0, 0.05) is 12.1 Å². The highest BCUT2D eigenvalue weighted by Crippen LogP contribution is 2.25. The number of hydrogen-bond acceptors (Lipinski definition) is 5. The average Bonchev–Trinajstić information content (AvgIpc) is 3.31. The molecule has 0 aromatic heterocycles. The van der Waals surface area contributed by atoms with Gasteiger partial charge in [-0.15, -0.1) is 0 Å². The van der Waals surface area contributed by atoms with E-state index in [-0.39, 0.29) is 24.4 Å². The second-order valence-electron chi connectivity index (χ2n) is 8.37. The number of nitrogen functional groups attached to an aromatic ring is 1. The van der Waals surface area contributed by atoms with E-state index in [1.54, 1.807) is 18.2 Å². The molecule has 2 aromatic carbocycles. The molecule has 0 saturated carbocycles. The van der Waals surface area contributed by atoms with Crippen LogP contribution in [0.2, 0.25) is 0 Å². The fraction of sp³-hybridized carbons (Fsp3) is 0.296. The molecule has 1 saturated heterocycles. The Labute approximate surface area is 200 Å². The molecule has 7 nitrogen and oxygen atoms in total. The first-order valence-corrected chi connectivity index (χ1v) is 11.5. The van der Waals surface area contributed by atoms with Gasteiger partial charge in [-0.3, -0.25) is 14.5 Å². The van der Waals surface area contributed by atoms with Gasteiger partial charge in [0.05, 0.1) is 24.0 Å². The molecule has 1 atom stereocenters. The smallest absolute Gasteiger partial charge is 0.255 e. The molecule has 1 heterocycles. The lowest BCUT2D eigenvalue weighted by Gasteiger charge is -2.23. The minimum Gasteiger partial charge on any atom is -0.397 e. The van der Waals surface area contributed by atoms with Crippen molar-refractivity contribution in [1.82, 2.24) is 10.2 Å². The van der Waals surface area contributed by atoms with E-state index in [4.69, 9.17) is 5.73 Å². The van der Waals surface area contributed by atoms with Crippen molar-refractivity contribution in [2.45, 2.75) is 39.3 Å². The average molecular weight is 461 g/mol. The number of aldehydes is 1. The summed E-state index contributed by atoms with van der Waals surface area (Å²) in [4.78, 5) is 37.7. The first kappa shape index (κ1) is 24.9. The number of carbonyl (C=O) groups is 3. The number of hydrogen-bond donors (Lipinski definition) is 3. The number of benzene rings is 2. The van der Waals surface area contributed by atoms with Crippen LogP contribution in [0.25, 0.3) is 5.57 Å². The van der Waals surface area contributed by atoms with Crippen molar-refractivity contribution in [1.29, 1.82) is 0 Å². The van der Waals surface area contributed by atoms with Crippen LogP contribution in [0, 0.1) is 0 Å². The Morgan fingerprint density at radius 1 is 1.15 bits per heavy atom. The van der Waals surface area contributed by atoms with E-state index >= 15 is 0 Å². The van der Waals surface area contributed by atoms with Crippen LogP contribution in [0.4, 0.5) is 11.4 Å². The molecule has 0 aliphatic carbocycles. The number of nitrogens with two attached hydrogens (primary N) is 1. The van der Waals surface area contributed by atoms with E-state index in [0.717, 1.165) is 36.1 Å². The number of nitrogens with one attached hydrogen (secondary N) is 2. The molecule has 34 heavy (non-hydrogen) atoms. The lowest BCUT2D eigenvalue weighted by Crippen LogP contribution is -2.43. The van der Waals surface area contributed by atoms with Crippen molar-refractivity contribution in [3.05, 3.63) is 77.4 Å². The van der Waals surface area contributed by atoms with Crippen molar-refractivity contribution >= 4 is 35.0 Å². The molecular formula is C27H32N4O3. The first-order valence-electron chi connectivity index (χ1n) is 11.5. The largest absolute Gasteiger partial charge is 0.397 e. The molecule has 0 spiro atoms. The number of likely N-dealkylation sites (tertiary alicyclic amines) is 1. The Morgan fingerprint density at radius 2 is 1.88 bits per heavy atom. The molecule has 1 fully saturated rings. The van der Waals surface area contributed by atoms with Crippen LogP contribution >= 0.6 is 0 Å².